The maximum absolute atomic E-state index is 13.7. The summed E-state index contributed by atoms with van der Waals surface area (Å²) in [5, 5.41) is 12.0. The normalized spacial score (nSPS) is 10.3. The topological polar surface area (TPSA) is 49.3 Å². The number of nitrogens with one attached hydrogen (secondary N) is 1. The fourth-order valence-corrected chi connectivity index (χ4v) is 2.41. The lowest BCUT2D eigenvalue weighted by atomic mass is 10.1. The molecule has 2 rings (SSSR count). The highest BCUT2D eigenvalue weighted by molar-refractivity contribution is 9.11. The predicted octanol–water partition coefficient (Wildman–Crippen LogP) is 4.66. The number of hydrogen-bond donors (Lipinski definition) is 2. The molecule has 20 heavy (non-hydrogen) atoms. The van der Waals surface area contributed by atoms with Crippen LogP contribution >= 0.6 is 31.9 Å². The van der Waals surface area contributed by atoms with E-state index in [0.29, 0.717) is 5.56 Å². The van der Waals surface area contributed by atoms with Gasteiger partial charge in [0.25, 0.3) is 0 Å². The fourth-order valence-electron chi connectivity index (χ4n) is 1.67. The Labute approximate surface area is 132 Å². The molecule has 0 unspecified atom stereocenters. The second-order valence-corrected chi connectivity index (χ2v) is 5.86. The van der Waals surface area contributed by atoms with Gasteiger partial charge in [-0.25, -0.2) is 9.18 Å². The summed E-state index contributed by atoms with van der Waals surface area (Å²) in [4.78, 5) is 10.9. The highest BCUT2D eigenvalue weighted by atomic mass is 79.9. The van der Waals surface area contributed by atoms with Crippen LogP contribution in [0.4, 0.5) is 10.1 Å². The summed E-state index contributed by atoms with van der Waals surface area (Å²) in [6.07, 6.45) is 0. The summed E-state index contributed by atoms with van der Waals surface area (Å²) in [6, 6.07) is 9.32. The maximum atomic E-state index is 13.7. The molecule has 0 heterocycles. The first-order chi connectivity index (χ1) is 9.47. The van der Waals surface area contributed by atoms with Gasteiger partial charge in [0, 0.05) is 26.7 Å². The fraction of sp³-hybridized carbons (Fsp3) is 0.0714. The van der Waals surface area contributed by atoms with Crippen molar-refractivity contribution < 1.29 is 14.3 Å². The molecular weight excluding hydrogens is 393 g/mol. The average molecular weight is 403 g/mol. The van der Waals surface area contributed by atoms with E-state index in [-0.39, 0.29) is 12.1 Å². The van der Waals surface area contributed by atoms with Crippen LogP contribution in [0.5, 0.6) is 0 Å². The lowest BCUT2D eigenvalue weighted by Crippen LogP contribution is -2.05. The van der Waals surface area contributed by atoms with Crippen LogP contribution < -0.4 is 5.32 Å². The van der Waals surface area contributed by atoms with Crippen LogP contribution in [0.3, 0.4) is 0 Å². The molecule has 0 aliphatic carbocycles. The first-order valence-electron chi connectivity index (χ1n) is 5.68. The standard InChI is InChI=1S/C14H10Br2FNO2/c15-10-2-3-11(16)13(6-10)18-7-9-5-8(14(19)20)1-4-12(9)17/h1-6,18H,7H2,(H,19,20). The molecule has 0 saturated carbocycles. The van der Waals surface area contributed by atoms with Crippen LogP contribution in [0.2, 0.25) is 0 Å². The molecule has 0 atom stereocenters. The lowest BCUT2D eigenvalue weighted by molar-refractivity contribution is 0.0696. The number of carboxylic acid groups (broad SMARTS) is 1. The number of benzene rings is 2. The van der Waals surface area contributed by atoms with E-state index in [1.807, 2.05) is 18.2 Å². The van der Waals surface area contributed by atoms with Crippen molar-refractivity contribution in [3.8, 4) is 0 Å². The zero-order valence-corrected chi connectivity index (χ0v) is 13.3. The van der Waals surface area contributed by atoms with Gasteiger partial charge in [-0.1, -0.05) is 15.9 Å². The van der Waals surface area contributed by atoms with Gasteiger partial charge < -0.3 is 10.4 Å². The highest BCUT2D eigenvalue weighted by Crippen LogP contribution is 2.26. The van der Waals surface area contributed by atoms with Crippen LogP contribution in [0.25, 0.3) is 0 Å². The molecule has 0 radical (unpaired) electrons. The predicted molar refractivity (Wildman–Crippen MR) is 82.5 cm³/mol. The van der Waals surface area contributed by atoms with Gasteiger partial charge in [0.05, 0.1) is 5.56 Å². The molecule has 2 aromatic rings. The number of rotatable bonds is 4. The van der Waals surface area contributed by atoms with Gasteiger partial charge in [-0.15, -0.1) is 0 Å². The molecule has 104 valence electrons. The number of carboxylic acids is 1. The smallest absolute Gasteiger partial charge is 0.335 e. The minimum Gasteiger partial charge on any atom is -0.478 e. The van der Waals surface area contributed by atoms with Crippen molar-refractivity contribution in [1.82, 2.24) is 0 Å². The molecule has 0 fully saturated rings. The Hall–Kier alpha value is -1.40. The molecular formula is C14H10Br2FNO2. The Morgan fingerprint density at radius 2 is 1.95 bits per heavy atom. The van der Waals surface area contributed by atoms with E-state index in [9.17, 15) is 9.18 Å². The van der Waals surface area contributed by atoms with E-state index in [4.69, 9.17) is 5.11 Å². The SMILES string of the molecule is O=C(O)c1ccc(F)c(CNc2cc(Br)ccc2Br)c1. The van der Waals surface area contributed by atoms with E-state index < -0.39 is 11.8 Å². The van der Waals surface area contributed by atoms with Crippen LogP contribution in [-0.2, 0) is 6.54 Å². The van der Waals surface area contributed by atoms with Gasteiger partial charge in [-0.05, 0) is 52.3 Å². The molecule has 3 nitrogen and oxygen atoms in total. The molecule has 0 bridgehead atoms. The molecule has 0 aromatic heterocycles. The van der Waals surface area contributed by atoms with Crippen LogP contribution in [0, 0.1) is 5.82 Å². The van der Waals surface area contributed by atoms with Gasteiger partial charge in [0.15, 0.2) is 0 Å². The highest BCUT2D eigenvalue weighted by Gasteiger charge is 2.09. The second-order valence-electron chi connectivity index (χ2n) is 4.09. The van der Waals surface area contributed by atoms with Crippen LogP contribution in [0.1, 0.15) is 15.9 Å². The van der Waals surface area contributed by atoms with Crippen molar-refractivity contribution >= 4 is 43.5 Å². The summed E-state index contributed by atoms with van der Waals surface area (Å²) in [5.41, 5.74) is 1.16. The summed E-state index contributed by atoms with van der Waals surface area (Å²) in [6.45, 7) is 0.196. The number of halogens is 3. The maximum Gasteiger partial charge on any atom is 0.335 e. The zero-order chi connectivity index (χ0) is 14.7. The summed E-state index contributed by atoms with van der Waals surface area (Å²) < 4.78 is 15.4. The number of carbonyl (C=O) groups is 1. The van der Waals surface area contributed by atoms with Crippen molar-refractivity contribution in [3.05, 3.63) is 62.3 Å². The first-order valence-corrected chi connectivity index (χ1v) is 7.26. The lowest BCUT2D eigenvalue weighted by Gasteiger charge is -2.10. The average Bonchev–Trinajstić information content (AvgIpc) is 2.41. The van der Waals surface area contributed by atoms with Crippen molar-refractivity contribution in [2.45, 2.75) is 6.54 Å². The van der Waals surface area contributed by atoms with Gasteiger partial charge >= 0.3 is 5.97 Å². The van der Waals surface area contributed by atoms with Gasteiger partial charge in [-0.3, -0.25) is 0 Å². The monoisotopic (exact) mass is 401 g/mol. The summed E-state index contributed by atoms with van der Waals surface area (Å²) >= 11 is 6.74. The van der Waals surface area contributed by atoms with Crippen molar-refractivity contribution in [2.75, 3.05) is 5.32 Å². The third-order valence-electron chi connectivity index (χ3n) is 2.69. The minimum atomic E-state index is -1.07. The Kier molecular flexibility index (Phi) is 4.77. The van der Waals surface area contributed by atoms with Crippen molar-refractivity contribution in [3.63, 3.8) is 0 Å². The summed E-state index contributed by atoms with van der Waals surface area (Å²) in [5.74, 6) is -1.51. The molecule has 2 N–H and O–H groups in total. The van der Waals surface area contributed by atoms with E-state index >= 15 is 0 Å². The number of hydrogen-bond acceptors (Lipinski definition) is 2. The Balaban J connectivity index is 2.20. The van der Waals surface area contributed by atoms with Crippen LogP contribution in [0.15, 0.2) is 45.3 Å². The second kappa shape index (κ2) is 6.37. The molecule has 0 amide bonds. The van der Waals surface area contributed by atoms with Crippen LogP contribution in [-0.4, -0.2) is 11.1 Å². The van der Waals surface area contributed by atoms with E-state index in [1.165, 1.54) is 12.1 Å². The quantitative estimate of drug-likeness (QED) is 0.781. The van der Waals surface area contributed by atoms with Crippen molar-refractivity contribution in [1.29, 1.82) is 0 Å². The van der Waals surface area contributed by atoms with Gasteiger partial charge in [-0.2, -0.15) is 0 Å². The third-order valence-corrected chi connectivity index (χ3v) is 3.88. The molecule has 6 heteroatoms. The minimum absolute atomic E-state index is 0.0662. The molecule has 0 aliphatic heterocycles. The largest absolute Gasteiger partial charge is 0.478 e. The Bertz CT molecular complexity index is 662. The molecule has 0 aliphatic rings. The Morgan fingerprint density at radius 1 is 1.20 bits per heavy atom. The van der Waals surface area contributed by atoms with E-state index in [2.05, 4.69) is 37.2 Å². The number of aromatic carboxylic acids is 1. The molecule has 2 aromatic carbocycles. The number of anilines is 1. The molecule has 0 saturated heterocycles. The third kappa shape index (κ3) is 3.58. The van der Waals surface area contributed by atoms with Gasteiger partial charge in [0.2, 0.25) is 0 Å². The molecule has 0 spiro atoms. The Morgan fingerprint density at radius 3 is 2.65 bits per heavy atom. The van der Waals surface area contributed by atoms with Crippen molar-refractivity contribution in [2.24, 2.45) is 0 Å². The summed E-state index contributed by atoms with van der Waals surface area (Å²) in [7, 11) is 0. The zero-order valence-electron chi connectivity index (χ0n) is 10.2. The van der Waals surface area contributed by atoms with Gasteiger partial charge in [0.1, 0.15) is 5.82 Å². The van der Waals surface area contributed by atoms with E-state index in [0.717, 1.165) is 20.7 Å². The van der Waals surface area contributed by atoms with E-state index in [1.54, 1.807) is 0 Å². The first kappa shape index (κ1) is 15.0.